The number of oxazole rings is 1. The van der Waals surface area contributed by atoms with Crippen LogP contribution in [0.2, 0.25) is 0 Å². The number of ketones is 1. The number of rotatable bonds is 0. The number of Topliss-reactive ketones (excluding diaryl/α,β-unsaturated/α-hetero) is 1. The van der Waals surface area contributed by atoms with Crippen molar-refractivity contribution in [1.29, 1.82) is 0 Å². The summed E-state index contributed by atoms with van der Waals surface area (Å²) < 4.78 is 5.64. The number of benzene rings is 1. The van der Waals surface area contributed by atoms with Gasteiger partial charge in [0.15, 0.2) is 17.0 Å². The first-order valence-corrected chi connectivity index (χ1v) is 8.69. The van der Waals surface area contributed by atoms with E-state index >= 15 is 0 Å². The molecule has 1 aliphatic heterocycles. The van der Waals surface area contributed by atoms with Gasteiger partial charge in [-0.1, -0.05) is 38.1 Å². The maximum atomic E-state index is 13.6. The highest BCUT2D eigenvalue weighted by atomic mass is 16.4. The minimum Gasteiger partial charge on any atom is -0.423 e. The van der Waals surface area contributed by atoms with Crippen LogP contribution in [0.25, 0.3) is 11.3 Å². The van der Waals surface area contributed by atoms with E-state index in [1.807, 2.05) is 24.3 Å². The number of nitrogens with zero attached hydrogens (tertiary/aromatic N) is 2. The van der Waals surface area contributed by atoms with Gasteiger partial charge in [0.25, 0.3) is 6.01 Å². The van der Waals surface area contributed by atoms with Crippen LogP contribution in [0, 0.1) is 5.41 Å². The zero-order chi connectivity index (χ0) is 18.4. The molecule has 0 unspecified atom stereocenters. The fourth-order valence-corrected chi connectivity index (χ4v) is 4.86. The molecule has 2 heterocycles. The van der Waals surface area contributed by atoms with Gasteiger partial charge >= 0.3 is 0 Å². The molecule has 0 bridgehead atoms. The topological polar surface area (TPSA) is 89.4 Å². The lowest BCUT2D eigenvalue weighted by Gasteiger charge is -2.33. The number of likely N-dealkylation sites (N-methyl/N-ethyl adjacent to an activating group) is 1. The Morgan fingerprint density at radius 1 is 1.19 bits per heavy atom. The normalized spacial score (nSPS) is 25.7. The SMILES string of the molecule is CN1C(=O)[C@]2(C3=C1CC(C)(C)CC3=O)c1ccccc1-c1oc(N)nc12. The third-order valence-corrected chi connectivity index (χ3v) is 5.83. The molecule has 3 aliphatic rings. The molecule has 0 saturated heterocycles. The first-order chi connectivity index (χ1) is 12.3. The quantitative estimate of drug-likeness (QED) is 0.790. The van der Waals surface area contributed by atoms with E-state index < -0.39 is 5.41 Å². The summed E-state index contributed by atoms with van der Waals surface area (Å²) in [5.41, 5.74) is 7.73. The molecule has 1 aromatic heterocycles. The van der Waals surface area contributed by atoms with E-state index in [2.05, 4.69) is 18.8 Å². The average molecular weight is 349 g/mol. The highest BCUT2D eigenvalue weighted by molar-refractivity contribution is 6.16. The Bertz CT molecular complexity index is 1050. The van der Waals surface area contributed by atoms with Crippen LogP contribution >= 0.6 is 0 Å². The van der Waals surface area contributed by atoms with E-state index in [1.165, 1.54) is 0 Å². The Morgan fingerprint density at radius 3 is 2.69 bits per heavy atom. The molecule has 1 amide bonds. The summed E-state index contributed by atoms with van der Waals surface area (Å²) in [7, 11) is 1.74. The lowest BCUT2D eigenvalue weighted by molar-refractivity contribution is -0.130. The second-order valence-corrected chi connectivity index (χ2v) is 8.15. The van der Waals surface area contributed by atoms with E-state index in [9.17, 15) is 9.59 Å². The number of carbonyl (C=O) groups is 2. The van der Waals surface area contributed by atoms with E-state index in [-0.39, 0.29) is 23.1 Å². The third-order valence-electron chi connectivity index (χ3n) is 5.83. The average Bonchev–Trinajstić information content (AvgIpc) is 3.14. The van der Waals surface area contributed by atoms with Crippen LogP contribution in [0.4, 0.5) is 6.01 Å². The van der Waals surface area contributed by atoms with Crippen molar-refractivity contribution in [3.8, 4) is 11.3 Å². The smallest absolute Gasteiger partial charge is 0.292 e. The molecular weight excluding hydrogens is 330 g/mol. The van der Waals surface area contributed by atoms with Crippen LogP contribution in [0.3, 0.4) is 0 Å². The summed E-state index contributed by atoms with van der Waals surface area (Å²) in [5, 5.41) is 0. The van der Waals surface area contributed by atoms with Gasteiger partial charge in [-0.3, -0.25) is 9.59 Å². The number of carbonyl (C=O) groups excluding carboxylic acids is 2. The van der Waals surface area contributed by atoms with Crippen LogP contribution in [-0.4, -0.2) is 28.6 Å². The minimum absolute atomic E-state index is 0.00169. The van der Waals surface area contributed by atoms with Gasteiger partial charge in [0.1, 0.15) is 5.69 Å². The number of hydrogen-bond donors (Lipinski definition) is 1. The fourth-order valence-electron chi connectivity index (χ4n) is 4.86. The predicted molar refractivity (Wildman–Crippen MR) is 94.9 cm³/mol. The zero-order valence-corrected chi connectivity index (χ0v) is 14.9. The Balaban J connectivity index is 1.91. The fraction of sp³-hybridized carbons (Fsp3) is 0.350. The van der Waals surface area contributed by atoms with Crippen LogP contribution in [0.15, 0.2) is 40.0 Å². The molecule has 5 rings (SSSR count). The lowest BCUT2D eigenvalue weighted by Crippen LogP contribution is -2.41. The van der Waals surface area contributed by atoms with Gasteiger partial charge in [0.2, 0.25) is 5.91 Å². The molecule has 1 spiro atoms. The number of hydrogen-bond acceptors (Lipinski definition) is 5. The third kappa shape index (κ3) is 1.55. The predicted octanol–water partition coefficient (Wildman–Crippen LogP) is 2.64. The van der Waals surface area contributed by atoms with Gasteiger partial charge in [-0.25, -0.2) is 0 Å². The van der Waals surface area contributed by atoms with Gasteiger partial charge in [-0.05, 0) is 17.4 Å². The lowest BCUT2D eigenvalue weighted by atomic mass is 9.67. The molecule has 6 heteroatoms. The standard InChI is InChI=1S/C20H19N3O3/c1-19(2)8-12-14(13(24)9-19)20(17(25)23(12)3)11-7-5-4-6-10(11)15-16(20)22-18(21)26-15/h4-7H,8-9H2,1-3H3,(H2,21,22)/t20-/m0/s1. The van der Waals surface area contributed by atoms with Crippen LogP contribution in [-0.2, 0) is 15.0 Å². The van der Waals surface area contributed by atoms with Gasteiger partial charge in [0.05, 0.1) is 0 Å². The van der Waals surface area contributed by atoms with Gasteiger partial charge in [-0.15, -0.1) is 0 Å². The molecule has 1 aromatic carbocycles. The Hall–Kier alpha value is -2.89. The van der Waals surface area contributed by atoms with Crippen LogP contribution in [0.5, 0.6) is 0 Å². The number of amides is 1. The zero-order valence-electron chi connectivity index (χ0n) is 14.9. The molecule has 26 heavy (non-hydrogen) atoms. The van der Waals surface area contributed by atoms with Crippen molar-refractivity contribution in [3.63, 3.8) is 0 Å². The van der Waals surface area contributed by atoms with Gasteiger partial charge < -0.3 is 15.1 Å². The van der Waals surface area contributed by atoms with Crippen molar-refractivity contribution in [2.24, 2.45) is 5.41 Å². The monoisotopic (exact) mass is 349 g/mol. The van der Waals surface area contributed by atoms with Crippen molar-refractivity contribution in [1.82, 2.24) is 9.88 Å². The summed E-state index contributed by atoms with van der Waals surface area (Å²) in [4.78, 5) is 32.8. The number of nitrogen functional groups attached to an aromatic ring is 1. The molecule has 6 nitrogen and oxygen atoms in total. The van der Waals surface area contributed by atoms with Crippen molar-refractivity contribution in [2.75, 3.05) is 12.8 Å². The van der Waals surface area contributed by atoms with Crippen molar-refractivity contribution in [3.05, 3.63) is 46.8 Å². The summed E-state index contributed by atoms with van der Waals surface area (Å²) in [6, 6.07) is 7.54. The largest absolute Gasteiger partial charge is 0.423 e. The van der Waals surface area contributed by atoms with Gasteiger partial charge in [-0.2, -0.15) is 4.98 Å². The summed E-state index contributed by atoms with van der Waals surface area (Å²) in [6.07, 6.45) is 1.07. The summed E-state index contributed by atoms with van der Waals surface area (Å²) >= 11 is 0. The van der Waals surface area contributed by atoms with Gasteiger partial charge in [0, 0.05) is 30.3 Å². The first-order valence-electron chi connectivity index (χ1n) is 8.69. The molecule has 2 aliphatic carbocycles. The van der Waals surface area contributed by atoms with Crippen molar-refractivity contribution >= 4 is 17.7 Å². The maximum absolute atomic E-state index is 13.6. The molecular formula is C20H19N3O3. The number of nitrogens with two attached hydrogens (primary N) is 1. The summed E-state index contributed by atoms with van der Waals surface area (Å²) in [5.74, 6) is 0.331. The number of allylic oxidation sites excluding steroid dienone is 1. The number of anilines is 1. The van der Waals surface area contributed by atoms with Crippen LogP contribution < -0.4 is 5.73 Å². The highest BCUT2D eigenvalue weighted by Crippen LogP contribution is 2.60. The number of fused-ring (bicyclic) bond motifs is 6. The highest BCUT2D eigenvalue weighted by Gasteiger charge is 2.64. The van der Waals surface area contributed by atoms with E-state index in [0.717, 1.165) is 16.8 Å². The molecule has 1 atom stereocenters. The maximum Gasteiger partial charge on any atom is 0.292 e. The second-order valence-electron chi connectivity index (χ2n) is 8.15. The van der Waals surface area contributed by atoms with Crippen molar-refractivity contribution in [2.45, 2.75) is 32.1 Å². The molecule has 0 fully saturated rings. The van der Waals surface area contributed by atoms with Crippen molar-refractivity contribution < 1.29 is 14.0 Å². The molecule has 0 radical (unpaired) electrons. The van der Waals surface area contributed by atoms with E-state index in [1.54, 1.807) is 11.9 Å². The molecule has 132 valence electrons. The van der Waals surface area contributed by atoms with E-state index in [0.29, 0.717) is 29.9 Å². The molecule has 2 N–H and O–H groups in total. The molecule has 0 saturated carbocycles. The van der Waals surface area contributed by atoms with E-state index in [4.69, 9.17) is 10.2 Å². The summed E-state index contributed by atoms with van der Waals surface area (Å²) in [6.45, 7) is 4.11. The Morgan fingerprint density at radius 2 is 1.92 bits per heavy atom. The number of aromatic nitrogens is 1. The second kappa shape index (κ2) is 4.44. The first kappa shape index (κ1) is 15.4. The molecule has 2 aromatic rings. The Kier molecular flexibility index (Phi) is 2.62. The van der Waals surface area contributed by atoms with Crippen LogP contribution in [0.1, 0.15) is 37.9 Å². The Labute approximate surface area is 150 Å². The minimum atomic E-state index is -1.23.